The summed E-state index contributed by atoms with van der Waals surface area (Å²) in [5.41, 5.74) is 1.56. The number of halogens is 2. The standard InChI is InChI=1S/C23H23F2N3O4/c24-23(25)22(31)27-19-11-15(6-7-20(19)32-23)28(14-4-5-14)21(30)18-12-26-9-8-17(18)13-2-1-3-16(29)10-13/h1-3,6-7,10-11,14,17-18,26,29H,4-5,8-9,12H2,(H,27,31)/t17-,18+/m1/s1. The lowest BCUT2D eigenvalue weighted by molar-refractivity contribution is -0.189. The molecule has 0 bridgehead atoms. The Morgan fingerprint density at radius 2 is 1.97 bits per heavy atom. The minimum Gasteiger partial charge on any atom is -0.508 e. The Kier molecular flexibility index (Phi) is 5.00. The van der Waals surface area contributed by atoms with Crippen LogP contribution in [-0.2, 0) is 9.59 Å². The van der Waals surface area contributed by atoms with Gasteiger partial charge in [-0.15, -0.1) is 0 Å². The number of phenolic OH excluding ortho intramolecular Hbond substituents is 1. The molecule has 9 heteroatoms. The first-order chi connectivity index (χ1) is 15.3. The molecule has 0 aromatic heterocycles. The number of aromatic hydroxyl groups is 1. The van der Waals surface area contributed by atoms with Gasteiger partial charge in [0.2, 0.25) is 5.91 Å². The van der Waals surface area contributed by atoms with E-state index in [2.05, 4.69) is 15.4 Å². The number of carbonyl (C=O) groups is 2. The predicted octanol–water partition coefficient (Wildman–Crippen LogP) is 3.20. The fourth-order valence-corrected chi connectivity index (χ4v) is 4.54. The van der Waals surface area contributed by atoms with Crippen LogP contribution in [0.15, 0.2) is 42.5 Å². The van der Waals surface area contributed by atoms with E-state index in [0.717, 1.165) is 31.4 Å². The molecule has 2 aromatic rings. The first-order valence-electron chi connectivity index (χ1n) is 10.7. The topological polar surface area (TPSA) is 90.9 Å². The highest BCUT2D eigenvalue weighted by molar-refractivity contribution is 6.01. The van der Waals surface area contributed by atoms with Crippen molar-refractivity contribution in [2.24, 2.45) is 5.92 Å². The molecule has 1 saturated heterocycles. The summed E-state index contributed by atoms with van der Waals surface area (Å²) in [4.78, 5) is 27.1. The van der Waals surface area contributed by atoms with Gasteiger partial charge in [-0.3, -0.25) is 9.59 Å². The van der Waals surface area contributed by atoms with E-state index in [0.29, 0.717) is 12.2 Å². The maximum atomic E-state index is 13.8. The van der Waals surface area contributed by atoms with Gasteiger partial charge in [0.25, 0.3) is 0 Å². The number of hydrogen-bond donors (Lipinski definition) is 3. The number of piperidine rings is 1. The lowest BCUT2D eigenvalue weighted by Crippen LogP contribution is -2.47. The Labute approximate surface area is 183 Å². The van der Waals surface area contributed by atoms with Gasteiger partial charge >= 0.3 is 12.0 Å². The van der Waals surface area contributed by atoms with Gasteiger partial charge in [-0.1, -0.05) is 12.1 Å². The number of carbonyl (C=O) groups excluding carboxylic acids is 2. The fraction of sp³-hybridized carbons (Fsp3) is 0.391. The molecule has 0 radical (unpaired) electrons. The molecule has 0 spiro atoms. The van der Waals surface area contributed by atoms with Gasteiger partial charge in [0, 0.05) is 18.3 Å². The molecule has 3 aliphatic rings. The molecule has 2 heterocycles. The van der Waals surface area contributed by atoms with E-state index < -0.39 is 12.0 Å². The largest absolute Gasteiger partial charge is 0.508 e. The Hall–Kier alpha value is -3.20. The molecule has 32 heavy (non-hydrogen) atoms. The zero-order valence-corrected chi connectivity index (χ0v) is 17.2. The number of hydrogen-bond acceptors (Lipinski definition) is 5. The lowest BCUT2D eigenvalue weighted by atomic mass is 9.80. The number of anilines is 2. The van der Waals surface area contributed by atoms with E-state index in [-0.39, 0.29) is 41.0 Å². The molecule has 5 rings (SSSR count). The van der Waals surface area contributed by atoms with E-state index in [1.807, 2.05) is 6.07 Å². The molecule has 1 saturated carbocycles. The number of nitrogens with zero attached hydrogens (tertiary/aromatic N) is 1. The van der Waals surface area contributed by atoms with Crippen LogP contribution in [0.25, 0.3) is 0 Å². The van der Waals surface area contributed by atoms with Crippen LogP contribution in [-0.4, -0.2) is 42.2 Å². The van der Waals surface area contributed by atoms with Crippen LogP contribution in [0.2, 0.25) is 0 Å². The van der Waals surface area contributed by atoms with Gasteiger partial charge < -0.3 is 25.4 Å². The Balaban J connectivity index is 1.46. The third-order valence-corrected chi connectivity index (χ3v) is 6.24. The maximum Gasteiger partial charge on any atom is 0.482 e. The average Bonchev–Trinajstić information content (AvgIpc) is 3.60. The molecule has 2 aliphatic heterocycles. The highest BCUT2D eigenvalue weighted by Crippen LogP contribution is 2.42. The molecule has 3 N–H and O–H groups in total. The smallest absolute Gasteiger partial charge is 0.482 e. The molecular formula is C23H23F2N3O4. The highest BCUT2D eigenvalue weighted by Gasteiger charge is 2.47. The summed E-state index contributed by atoms with van der Waals surface area (Å²) in [5.74, 6) is -1.99. The van der Waals surface area contributed by atoms with Crippen LogP contribution >= 0.6 is 0 Å². The first kappa shape index (κ1) is 20.7. The summed E-state index contributed by atoms with van der Waals surface area (Å²) >= 11 is 0. The number of alkyl halides is 2. The van der Waals surface area contributed by atoms with E-state index in [1.54, 1.807) is 29.2 Å². The summed E-state index contributed by atoms with van der Waals surface area (Å²) in [7, 11) is 0. The van der Waals surface area contributed by atoms with Crippen LogP contribution in [0.1, 0.15) is 30.7 Å². The molecular weight excluding hydrogens is 420 g/mol. The molecule has 2 aromatic carbocycles. The number of fused-ring (bicyclic) bond motifs is 1. The van der Waals surface area contributed by atoms with Crippen LogP contribution in [0.3, 0.4) is 0 Å². The van der Waals surface area contributed by atoms with Gasteiger partial charge in [-0.05, 0) is 67.6 Å². The number of phenols is 1. The Morgan fingerprint density at radius 1 is 1.16 bits per heavy atom. The molecule has 1 aliphatic carbocycles. The van der Waals surface area contributed by atoms with Gasteiger partial charge in [0.15, 0.2) is 5.75 Å². The molecule has 7 nitrogen and oxygen atoms in total. The van der Waals surface area contributed by atoms with Gasteiger partial charge in [-0.2, -0.15) is 8.78 Å². The third kappa shape index (κ3) is 3.77. The number of benzene rings is 2. The third-order valence-electron chi connectivity index (χ3n) is 6.24. The summed E-state index contributed by atoms with van der Waals surface area (Å²) < 4.78 is 31.6. The summed E-state index contributed by atoms with van der Waals surface area (Å²) in [5, 5.41) is 15.4. The fourth-order valence-electron chi connectivity index (χ4n) is 4.54. The quantitative estimate of drug-likeness (QED) is 0.675. The van der Waals surface area contributed by atoms with Crippen molar-refractivity contribution in [2.45, 2.75) is 37.3 Å². The lowest BCUT2D eigenvalue weighted by Gasteiger charge is -2.36. The minimum atomic E-state index is -3.93. The normalized spacial score (nSPS) is 24.1. The molecule has 2 amide bonds. The van der Waals surface area contributed by atoms with E-state index in [9.17, 15) is 23.5 Å². The van der Waals surface area contributed by atoms with Crippen molar-refractivity contribution in [1.82, 2.24) is 5.32 Å². The second-order valence-electron chi connectivity index (χ2n) is 8.49. The first-order valence-corrected chi connectivity index (χ1v) is 10.7. The van der Waals surface area contributed by atoms with Crippen LogP contribution < -0.4 is 20.3 Å². The van der Waals surface area contributed by atoms with Crippen LogP contribution in [0, 0.1) is 5.92 Å². The van der Waals surface area contributed by atoms with E-state index in [1.165, 1.54) is 12.1 Å². The molecule has 0 unspecified atom stereocenters. The second-order valence-corrected chi connectivity index (χ2v) is 8.49. The molecule has 2 fully saturated rings. The monoisotopic (exact) mass is 443 g/mol. The summed E-state index contributed by atoms with van der Waals surface area (Å²) in [6.45, 7) is 1.27. The Morgan fingerprint density at radius 3 is 2.72 bits per heavy atom. The second kappa shape index (κ2) is 7.74. The van der Waals surface area contributed by atoms with Crippen LogP contribution in [0.4, 0.5) is 20.2 Å². The van der Waals surface area contributed by atoms with Gasteiger partial charge in [-0.25, -0.2) is 0 Å². The minimum absolute atomic E-state index is 0.0222. The van der Waals surface area contributed by atoms with Crippen molar-refractivity contribution in [3.8, 4) is 11.5 Å². The van der Waals surface area contributed by atoms with Crippen molar-refractivity contribution < 1.29 is 28.2 Å². The van der Waals surface area contributed by atoms with Crippen molar-refractivity contribution in [3.05, 3.63) is 48.0 Å². The summed E-state index contributed by atoms with van der Waals surface area (Å²) in [6, 6.07) is 11.5. The van der Waals surface area contributed by atoms with Gasteiger partial charge in [0.05, 0.1) is 11.6 Å². The SMILES string of the molecule is O=C([C@H]1CNCC[C@@H]1c1cccc(O)c1)N(c1ccc2c(c1)NC(=O)C(F)(F)O2)C1CC1. The zero-order valence-electron chi connectivity index (χ0n) is 17.2. The molecule has 168 valence electrons. The van der Waals surface area contributed by atoms with Crippen LogP contribution in [0.5, 0.6) is 11.5 Å². The van der Waals surface area contributed by atoms with Crippen molar-refractivity contribution in [3.63, 3.8) is 0 Å². The highest BCUT2D eigenvalue weighted by atomic mass is 19.3. The van der Waals surface area contributed by atoms with Crippen molar-refractivity contribution in [2.75, 3.05) is 23.3 Å². The summed E-state index contributed by atoms with van der Waals surface area (Å²) in [6.07, 6.45) is -1.48. The van der Waals surface area contributed by atoms with Gasteiger partial charge in [0.1, 0.15) is 5.75 Å². The predicted molar refractivity (Wildman–Crippen MR) is 113 cm³/mol. The zero-order chi connectivity index (χ0) is 22.5. The number of amides is 2. The molecule has 2 atom stereocenters. The van der Waals surface area contributed by atoms with Crippen molar-refractivity contribution in [1.29, 1.82) is 0 Å². The van der Waals surface area contributed by atoms with E-state index >= 15 is 0 Å². The van der Waals surface area contributed by atoms with Crippen molar-refractivity contribution >= 4 is 23.2 Å². The van der Waals surface area contributed by atoms with E-state index in [4.69, 9.17) is 0 Å². The maximum absolute atomic E-state index is 13.8. The number of ether oxygens (including phenoxy) is 1. The Bertz CT molecular complexity index is 1070. The number of rotatable bonds is 4. The number of nitrogens with one attached hydrogen (secondary N) is 2. The average molecular weight is 443 g/mol.